The second-order valence-electron chi connectivity index (χ2n) is 1.33. The zero-order valence-corrected chi connectivity index (χ0v) is 5.20. The van der Waals surface area contributed by atoms with Gasteiger partial charge in [-0.1, -0.05) is 0 Å². The predicted octanol–water partition coefficient (Wildman–Crippen LogP) is 2.00. The molecule has 0 saturated heterocycles. The van der Waals surface area contributed by atoms with Crippen LogP contribution in [0.25, 0.3) is 4.85 Å². The molecule has 0 bridgehead atoms. The van der Waals surface area contributed by atoms with Crippen LogP contribution in [0.4, 0.5) is 5.00 Å². The van der Waals surface area contributed by atoms with Crippen LogP contribution in [0, 0.1) is 13.5 Å². The van der Waals surface area contributed by atoms with Crippen LogP contribution in [0.2, 0.25) is 0 Å². The summed E-state index contributed by atoms with van der Waals surface area (Å²) in [5.41, 5.74) is 0. The van der Waals surface area contributed by atoms with E-state index >= 15 is 0 Å². The van der Waals surface area contributed by atoms with Gasteiger partial charge in [0.1, 0.15) is 0 Å². The van der Waals surface area contributed by atoms with Gasteiger partial charge in [-0.15, -0.1) is 11.3 Å². The van der Waals surface area contributed by atoms with Crippen LogP contribution in [-0.2, 0) is 0 Å². The molecular weight excluding hydrogens is 120 g/mol. The highest BCUT2D eigenvalue weighted by Gasteiger charge is 1.91. The first-order valence-electron chi connectivity index (χ1n) is 2.13. The van der Waals surface area contributed by atoms with Gasteiger partial charge in [-0.2, -0.15) is 0 Å². The van der Waals surface area contributed by atoms with Gasteiger partial charge < -0.3 is 0 Å². The molecule has 0 saturated carbocycles. The lowest BCUT2D eigenvalue weighted by atomic mass is 10.8. The molecule has 0 unspecified atom stereocenters. The molecule has 0 amide bonds. The molecule has 8 heavy (non-hydrogen) atoms. The van der Waals surface area contributed by atoms with E-state index in [9.17, 15) is 0 Å². The first-order chi connectivity index (χ1) is 3.83. The molecule has 0 radical (unpaired) electrons. The van der Waals surface area contributed by atoms with Crippen LogP contribution in [0.15, 0.2) is 6.20 Å². The Hall–Kier alpha value is -0.880. The van der Waals surface area contributed by atoms with Gasteiger partial charge >= 0.3 is 0 Å². The highest BCUT2D eigenvalue weighted by molar-refractivity contribution is 7.15. The Morgan fingerprint density at radius 2 is 2.62 bits per heavy atom. The summed E-state index contributed by atoms with van der Waals surface area (Å²) in [5, 5.41) is 1.62. The summed E-state index contributed by atoms with van der Waals surface area (Å²) in [6, 6.07) is 0. The van der Waals surface area contributed by atoms with Crippen molar-refractivity contribution in [2.45, 2.75) is 6.92 Å². The maximum Gasteiger partial charge on any atom is 0.260 e. The average Bonchev–Trinajstić information content (AvgIpc) is 2.14. The first-order valence-corrected chi connectivity index (χ1v) is 2.94. The Labute approximate surface area is 51.6 Å². The molecule has 3 heteroatoms. The number of rotatable bonds is 0. The van der Waals surface area contributed by atoms with Crippen LogP contribution in [-0.4, -0.2) is 4.98 Å². The summed E-state index contributed by atoms with van der Waals surface area (Å²) in [6.07, 6.45) is 1.59. The monoisotopic (exact) mass is 124 g/mol. The smallest absolute Gasteiger partial charge is 0.260 e. The van der Waals surface area contributed by atoms with Crippen LogP contribution in [0.1, 0.15) is 5.01 Å². The fourth-order valence-corrected chi connectivity index (χ4v) is 0.961. The van der Waals surface area contributed by atoms with Gasteiger partial charge in [0, 0.05) is 6.20 Å². The van der Waals surface area contributed by atoms with Crippen molar-refractivity contribution in [3.8, 4) is 0 Å². The third kappa shape index (κ3) is 0.849. The minimum atomic E-state index is 0.669. The van der Waals surface area contributed by atoms with Crippen molar-refractivity contribution >= 4 is 16.3 Å². The number of nitrogens with zero attached hydrogens (tertiary/aromatic N) is 2. The van der Waals surface area contributed by atoms with Crippen LogP contribution >= 0.6 is 11.3 Å². The van der Waals surface area contributed by atoms with Gasteiger partial charge in [0.15, 0.2) is 0 Å². The Morgan fingerprint density at radius 3 is 2.88 bits per heavy atom. The minimum Gasteiger partial charge on any atom is -0.263 e. The van der Waals surface area contributed by atoms with Crippen molar-refractivity contribution in [3.05, 3.63) is 22.6 Å². The van der Waals surface area contributed by atoms with Crippen LogP contribution < -0.4 is 0 Å². The molecule has 0 aliphatic carbocycles. The quantitative estimate of drug-likeness (QED) is 0.483. The van der Waals surface area contributed by atoms with Gasteiger partial charge in [-0.3, -0.25) is 4.98 Å². The minimum absolute atomic E-state index is 0.669. The van der Waals surface area contributed by atoms with E-state index in [1.807, 2.05) is 6.92 Å². The van der Waals surface area contributed by atoms with Gasteiger partial charge in [0.05, 0.1) is 11.6 Å². The van der Waals surface area contributed by atoms with Crippen molar-refractivity contribution in [2.24, 2.45) is 0 Å². The second-order valence-corrected chi connectivity index (χ2v) is 2.54. The number of hydrogen-bond acceptors (Lipinski definition) is 2. The standard InChI is InChI=1S/C5H4N2S/c1-4-7-3-5(6-2)8-4/h3H,1H3. The summed E-state index contributed by atoms with van der Waals surface area (Å²) in [7, 11) is 0. The molecule has 1 aromatic rings. The van der Waals surface area contributed by atoms with Crippen molar-refractivity contribution in [2.75, 3.05) is 0 Å². The highest BCUT2D eigenvalue weighted by Crippen LogP contribution is 2.19. The van der Waals surface area contributed by atoms with Gasteiger partial charge in [0.2, 0.25) is 0 Å². The molecule has 0 aromatic carbocycles. The van der Waals surface area contributed by atoms with Crippen molar-refractivity contribution in [1.82, 2.24) is 4.98 Å². The van der Waals surface area contributed by atoms with E-state index in [0.717, 1.165) is 5.01 Å². The Bertz CT molecular complexity index is 221. The Kier molecular flexibility index (Phi) is 1.27. The van der Waals surface area contributed by atoms with E-state index in [1.165, 1.54) is 11.3 Å². The molecule has 0 aliphatic heterocycles. The highest BCUT2D eigenvalue weighted by atomic mass is 32.1. The molecule has 2 nitrogen and oxygen atoms in total. The molecule has 1 aromatic heterocycles. The zero-order valence-electron chi connectivity index (χ0n) is 4.38. The van der Waals surface area contributed by atoms with Gasteiger partial charge in [-0.25, -0.2) is 4.85 Å². The van der Waals surface area contributed by atoms with Gasteiger partial charge in [0.25, 0.3) is 5.00 Å². The number of aromatic nitrogens is 1. The van der Waals surface area contributed by atoms with Crippen molar-refractivity contribution in [3.63, 3.8) is 0 Å². The van der Waals surface area contributed by atoms with E-state index in [-0.39, 0.29) is 0 Å². The van der Waals surface area contributed by atoms with E-state index < -0.39 is 0 Å². The van der Waals surface area contributed by atoms with Crippen LogP contribution in [0.3, 0.4) is 0 Å². The number of aryl methyl sites for hydroxylation is 1. The lowest BCUT2D eigenvalue weighted by Gasteiger charge is -1.68. The summed E-state index contributed by atoms with van der Waals surface area (Å²) in [6.45, 7) is 8.44. The molecule has 0 aliphatic rings. The van der Waals surface area contributed by atoms with Crippen LogP contribution in [0.5, 0.6) is 0 Å². The lowest BCUT2D eigenvalue weighted by Crippen LogP contribution is -1.56. The van der Waals surface area contributed by atoms with E-state index in [0.29, 0.717) is 5.00 Å². The lowest BCUT2D eigenvalue weighted by molar-refractivity contribution is 1.30. The predicted molar refractivity (Wildman–Crippen MR) is 33.1 cm³/mol. The number of hydrogen-bond donors (Lipinski definition) is 0. The van der Waals surface area contributed by atoms with E-state index in [2.05, 4.69) is 9.83 Å². The van der Waals surface area contributed by atoms with Crippen molar-refractivity contribution in [1.29, 1.82) is 0 Å². The molecule has 1 rings (SSSR count). The number of thiazole rings is 1. The maximum atomic E-state index is 6.55. The molecule has 40 valence electrons. The second kappa shape index (κ2) is 1.93. The maximum absolute atomic E-state index is 6.55. The third-order valence-electron chi connectivity index (χ3n) is 0.719. The topological polar surface area (TPSA) is 17.2 Å². The van der Waals surface area contributed by atoms with E-state index in [4.69, 9.17) is 6.57 Å². The van der Waals surface area contributed by atoms with Crippen molar-refractivity contribution < 1.29 is 0 Å². The average molecular weight is 124 g/mol. The fourth-order valence-electron chi connectivity index (χ4n) is 0.402. The Morgan fingerprint density at radius 1 is 1.88 bits per heavy atom. The normalized spacial score (nSPS) is 8.50. The molecule has 0 fully saturated rings. The molecule has 0 N–H and O–H groups in total. The van der Waals surface area contributed by atoms with E-state index in [1.54, 1.807) is 6.20 Å². The van der Waals surface area contributed by atoms with Gasteiger partial charge in [-0.05, 0) is 6.92 Å². The Balaban J connectivity index is 3.05. The summed E-state index contributed by atoms with van der Waals surface area (Å²) in [4.78, 5) is 7.09. The first kappa shape index (κ1) is 5.26. The molecular formula is C5H4N2S. The summed E-state index contributed by atoms with van der Waals surface area (Å²) < 4.78 is 0. The summed E-state index contributed by atoms with van der Waals surface area (Å²) >= 11 is 1.42. The SMILES string of the molecule is [C-]#[N+]c1cnc(C)s1. The fraction of sp³-hybridized carbons (Fsp3) is 0.200. The zero-order chi connectivity index (χ0) is 5.98. The molecule has 0 atom stereocenters. The molecule has 1 heterocycles. The molecule has 0 spiro atoms. The largest absolute Gasteiger partial charge is 0.263 e. The third-order valence-corrected chi connectivity index (χ3v) is 1.53. The summed E-state index contributed by atoms with van der Waals surface area (Å²) in [5.74, 6) is 0.